The van der Waals surface area contributed by atoms with Crippen LogP contribution in [0.5, 0.6) is 0 Å². The molecule has 0 spiro atoms. The lowest BCUT2D eigenvalue weighted by Gasteiger charge is -2.47. The fraction of sp³-hybridized carbons (Fsp3) is 1.00. The molecular weight excluding hydrogens is 234 g/mol. The van der Waals surface area contributed by atoms with Gasteiger partial charge in [-0.15, -0.1) is 0 Å². The van der Waals surface area contributed by atoms with E-state index in [0.717, 1.165) is 12.5 Å². The first-order valence-corrected chi connectivity index (χ1v) is 8.34. The monoisotopic (exact) mass is 267 g/mol. The fourth-order valence-electron chi connectivity index (χ4n) is 4.09. The van der Waals surface area contributed by atoms with Gasteiger partial charge in [0.2, 0.25) is 0 Å². The topological polar surface area (TPSA) is 32.5 Å². The second kappa shape index (κ2) is 7.05. The summed E-state index contributed by atoms with van der Waals surface area (Å²) in [5.74, 6) is 0.964. The summed E-state index contributed by atoms with van der Waals surface area (Å²) in [4.78, 5) is 5.17. The van der Waals surface area contributed by atoms with Gasteiger partial charge in [0.1, 0.15) is 0 Å². The number of hydrogen-bond donors (Lipinski definition) is 1. The van der Waals surface area contributed by atoms with Gasteiger partial charge in [0.25, 0.3) is 0 Å². The number of nitrogens with two attached hydrogens (primary N) is 1. The van der Waals surface area contributed by atoms with Gasteiger partial charge in [0, 0.05) is 38.3 Å². The first kappa shape index (κ1) is 15.3. The molecule has 1 saturated carbocycles. The van der Waals surface area contributed by atoms with E-state index >= 15 is 0 Å². The minimum atomic E-state index is 0.323. The predicted octanol–water partition coefficient (Wildman–Crippen LogP) is 2.31. The minimum Gasteiger partial charge on any atom is -0.329 e. The molecular formula is C16H33N3. The maximum absolute atomic E-state index is 6.24. The van der Waals surface area contributed by atoms with Crippen LogP contribution in [0.15, 0.2) is 0 Å². The predicted molar refractivity (Wildman–Crippen MR) is 82.3 cm³/mol. The molecule has 0 aromatic rings. The minimum absolute atomic E-state index is 0.323. The van der Waals surface area contributed by atoms with Crippen molar-refractivity contribution in [3.05, 3.63) is 0 Å². The van der Waals surface area contributed by atoms with E-state index in [4.69, 9.17) is 5.73 Å². The molecule has 0 aromatic heterocycles. The lowest BCUT2D eigenvalue weighted by Crippen LogP contribution is -2.59. The van der Waals surface area contributed by atoms with Crippen molar-refractivity contribution >= 4 is 0 Å². The summed E-state index contributed by atoms with van der Waals surface area (Å²) in [6.45, 7) is 8.02. The molecule has 0 radical (unpaired) electrons. The summed E-state index contributed by atoms with van der Waals surface area (Å²) in [5, 5.41) is 0. The summed E-state index contributed by atoms with van der Waals surface area (Å²) in [6, 6.07) is 0. The van der Waals surface area contributed by atoms with Crippen molar-refractivity contribution in [2.45, 2.75) is 57.4 Å². The normalized spacial score (nSPS) is 35.2. The molecule has 2 N–H and O–H groups in total. The van der Waals surface area contributed by atoms with Crippen LogP contribution in [-0.4, -0.2) is 55.1 Å². The smallest absolute Gasteiger partial charge is 0.0332 e. The molecule has 1 aliphatic heterocycles. The van der Waals surface area contributed by atoms with E-state index in [-0.39, 0.29) is 0 Å². The molecule has 2 aliphatic rings. The van der Waals surface area contributed by atoms with Gasteiger partial charge in [-0.3, -0.25) is 4.90 Å². The van der Waals surface area contributed by atoms with Gasteiger partial charge >= 0.3 is 0 Å². The Bertz CT molecular complexity index is 261. The molecule has 0 bridgehead atoms. The van der Waals surface area contributed by atoms with Crippen LogP contribution in [-0.2, 0) is 0 Å². The van der Waals surface area contributed by atoms with Gasteiger partial charge in [0.05, 0.1) is 0 Å². The molecule has 3 heteroatoms. The highest BCUT2D eigenvalue weighted by atomic mass is 15.3. The average Bonchev–Trinajstić information content (AvgIpc) is 2.64. The average molecular weight is 267 g/mol. The van der Waals surface area contributed by atoms with Crippen LogP contribution >= 0.6 is 0 Å². The zero-order chi connectivity index (χ0) is 13.7. The molecule has 0 aromatic carbocycles. The molecule has 1 saturated heterocycles. The Morgan fingerprint density at radius 2 is 1.84 bits per heavy atom. The Morgan fingerprint density at radius 3 is 2.47 bits per heavy atom. The second-order valence-corrected chi connectivity index (χ2v) is 6.80. The number of rotatable bonds is 4. The van der Waals surface area contributed by atoms with Gasteiger partial charge in [-0.25, -0.2) is 0 Å². The van der Waals surface area contributed by atoms with Gasteiger partial charge < -0.3 is 10.6 Å². The summed E-state index contributed by atoms with van der Waals surface area (Å²) < 4.78 is 0. The van der Waals surface area contributed by atoms with E-state index in [0.29, 0.717) is 5.54 Å². The molecule has 2 rings (SSSR count). The van der Waals surface area contributed by atoms with Crippen molar-refractivity contribution in [2.24, 2.45) is 11.7 Å². The van der Waals surface area contributed by atoms with Crippen LogP contribution in [0.4, 0.5) is 0 Å². The number of nitrogens with zero attached hydrogens (tertiary/aromatic N) is 2. The van der Waals surface area contributed by atoms with Crippen molar-refractivity contribution in [2.75, 3.05) is 39.8 Å². The maximum Gasteiger partial charge on any atom is 0.0332 e. The van der Waals surface area contributed by atoms with Gasteiger partial charge in [0.15, 0.2) is 0 Å². The van der Waals surface area contributed by atoms with Crippen molar-refractivity contribution < 1.29 is 0 Å². The maximum atomic E-state index is 6.24. The largest absolute Gasteiger partial charge is 0.329 e. The van der Waals surface area contributed by atoms with E-state index in [1.165, 1.54) is 71.1 Å². The zero-order valence-corrected chi connectivity index (χ0v) is 13.0. The Hall–Kier alpha value is -0.120. The first-order valence-electron chi connectivity index (χ1n) is 8.34. The molecule has 1 aliphatic carbocycles. The summed E-state index contributed by atoms with van der Waals surface area (Å²) in [6.07, 6.45) is 9.64. The Kier molecular flexibility index (Phi) is 5.67. The van der Waals surface area contributed by atoms with Gasteiger partial charge in [-0.05, 0) is 32.2 Å². The SMILES string of the molecule is CCCC1CCCC(CN)(N2CCN(C)CC2)CC1. The Labute approximate surface area is 119 Å². The van der Waals surface area contributed by atoms with Crippen LogP contribution in [0.25, 0.3) is 0 Å². The molecule has 1 heterocycles. The summed E-state index contributed by atoms with van der Waals surface area (Å²) >= 11 is 0. The first-order chi connectivity index (χ1) is 9.20. The number of piperazine rings is 1. The third-order valence-corrected chi connectivity index (χ3v) is 5.52. The lowest BCUT2D eigenvalue weighted by molar-refractivity contribution is 0.0331. The lowest BCUT2D eigenvalue weighted by atomic mass is 9.86. The highest BCUT2D eigenvalue weighted by Gasteiger charge is 2.38. The van der Waals surface area contributed by atoms with E-state index in [1.54, 1.807) is 0 Å². The van der Waals surface area contributed by atoms with Crippen molar-refractivity contribution in [1.29, 1.82) is 0 Å². The molecule has 0 amide bonds. The second-order valence-electron chi connectivity index (χ2n) is 6.80. The summed E-state index contributed by atoms with van der Waals surface area (Å²) in [7, 11) is 2.23. The van der Waals surface area contributed by atoms with Crippen LogP contribution in [0.2, 0.25) is 0 Å². The highest BCUT2D eigenvalue weighted by Crippen LogP contribution is 2.36. The van der Waals surface area contributed by atoms with Gasteiger partial charge in [-0.2, -0.15) is 0 Å². The van der Waals surface area contributed by atoms with E-state index in [2.05, 4.69) is 23.8 Å². The standard InChI is InChI=1S/C16H33N3/c1-3-5-15-6-4-8-16(14-17,9-7-15)19-12-10-18(2)11-13-19/h15H,3-14,17H2,1-2H3. The van der Waals surface area contributed by atoms with E-state index < -0.39 is 0 Å². The molecule has 112 valence electrons. The van der Waals surface area contributed by atoms with Crippen LogP contribution < -0.4 is 5.73 Å². The zero-order valence-electron chi connectivity index (χ0n) is 13.0. The van der Waals surface area contributed by atoms with Crippen molar-refractivity contribution in [3.63, 3.8) is 0 Å². The van der Waals surface area contributed by atoms with Gasteiger partial charge in [-0.1, -0.05) is 32.6 Å². The quantitative estimate of drug-likeness (QED) is 0.793. The van der Waals surface area contributed by atoms with Crippen molar-refractivity contribution in [3.8, 4) is 0 Å². The third-order valence-electron chi connectivity index (χ3n) is 5.52. The Morgan fingerprint density at radius 1 is 1.11 bits per heavy atom. The van der Waals surface area contributed by atoms with E-state index in [9.17, 15) is 0 Å². The third kappa shape index (κ3) is 3.71. The summed E-state index contributed by atoms with van der Waals surface area (Å²) in [5.41, 5.74) is 6.56. The highest BCUT2D eigenvalue weighted by molar-refractivity contribution is 4.95. The van der Waals surface area contributed by atoms with Crippen LogP contribution in [0.1, 0.15) is 51.9 Å². The van der Waals surface area contributed by atoms with Crippen LogP contribution in [0.3, 0.4) is 0 Å². The molecule has 2 unspecified atom stereocenters. The molecule has 2 atom stereocenters. The number of likely N-dealkylation sites (N-methyl/N-ethyl adjacent to an activating group) is 1. The molecule has 2 fully saturated rings. The molecule has 3 nitrogen and oxygen atoms in total. The van der Waals surface area contributed by atoms with Crippen LogP contribution in [0, 0.1) is 5.92 Å². The number of hydrogen-bond acceptors (Lipinski definition) is 3. The molecule has 19 heavy (non-hydrogen) atoms. The Balaban J connectivity index is 1.97. The fourth-order valence-corrected chi connectivity index (χ4v) is 4.09. The van der Waals surface area contributed by atoms with Crippen molar-refractivity contribution in [1.82, 2.24) is 9.80 Å². The van der Waals surface area contributed by atoms with E-state index in [1.807, 2.05) is 0 Å².